The van der Waals surface area contributed by atoms with Gasteiger partial charge in [0.2, 0.25) is 5.88 Å². The summed E-state index contributed by atoms with van der Waals surface area (Å²) < 4.78 is 10.9. The first-order chi connectivity index (χ1) is 9.54. The van der Waals surface area contributed by atoms with Gasteiger partial charge in [0.25, 0.3) is 0 Å². The molecular formula is C16H28N2O2. The third-order valence-electron chi connectivity index (χ3n) is 3.02. The van der Waals surface area contributed by atoms with Crippen molar-refractivity contribution in [2.45, 2.75) is 40.7 Å². The molecule has 1 aromatic rings. The molecule has 4 heteroatoms. The van der Waals surface area contributed by atoms with Crippen LogP contribution in [0.25, 0.3) is 0 Å². The average molecular weight is 280 g/mol. The van der Waals surface area contributed by atoms with Crippen LogP contribution in [0.3, 0.4) is 0 Å². The summed E-state index contributed by atoms with van der Waals surface area (Å²) in [6, 6.07) is 2.11. The predicted octanol–water partition coefficient (Wildman–Crippen LogP) is 2.86. The number of hydrogen-bond donors (Lipinski definition) is 1. The lowest BCUT2D eigenvalue weighted by molar-refractivity contribution is 0.170. The summed E-state index contributed by atoms with van der Waals surface area (Å²) in [5.41, 5.74) is 3.39. The van der Waals surface area contributed by atoms with Gasteiger partial charge in [-0.2, -0.15) is 0 Å². The maximum absolute atomic E-state index is 5.83. The van der Waals surface area contributed by atoms with Gasteiger partial charge < -0.3 is 14.8 Å². The minimum absolute atomic E-state index is 0.639. The van der Waals surface area contributed by atoms with Crippen LogP contribution in [0, 0.1) is 19.8 Å². The molecule has 0 saturated carbocycles. The molecule has 0 fully saturated rings. The molecule has 0 saturated heterocycles. The molecule has 0 unspecified atom stereocenters. The predicted molar refractivity (Wildman–Crippen MR) is 82.2 cm³/mol. The molecule has 0 spiro atoms. The van der Waals surface area contributed by atoms with Gasteiger partial charge >= 0.3 is 0 Å². The molecule has 1 heterocycles. The van der Waals surface area contributed by atoms with Crippen LogP contribution in [0.2, 0.25) is 0 Å². The number of nitrogens with zero attached hydrogens (tertiary/aromatic N) is 1. The van der Waals surface area contributed by atoms with Gasteiger partial charge in [-0.05, 0) is 37.9 Å². The summed E-state index contributed by atoms with van der Waals surface area (Å²) >= 11 is 0. The lowest BCUT2D eigenvalue weighted by Gasteiger charge is -2.15. The monoisotopic (exact) mass is 280 g/mol. The zero-order valence-electron chi connectivity index (χ0n) is 13.5. The number of hydrogen-bond acceptors (Lipinski definition) is 4. The van der Waals surface area contributed by atoms with Crippen molar-refractivity contribution in [3.8, 4) is 5.88 Å². The highest BCUT2D eigenvalue weighted by molar-refractivity contribution is 5.35. The zero-order chi connectivity index (χ0) is 15.0. The van der Waals surface area contributed by atoms with Crippen molar-refractivity contribution < 1.29 is 9.47 Å². The Hall–Kier alpha value is -1.13. The molecule has 0 atom stereocenters. The second-order valence-corrected chi connectivity index (χ2v) is 5.58. The van der Waals surface area contributed by atoms with E-state index in [4.69, 9.17) is 9.47 Å². The van der Waals surface area contributed by atoms with E-state index >= 15 is 0 Å². The quantitative estimate of drug-likeness (QED) is 0.706. The molecule has 0 aliphatic carbocycles. The summed E-state index contributed by atoms with van der Waals surface area (Å²) in [6.45, 7) is 11.7. The SMILES string of the molecule is COCCCOc1nc(C)cc(C)c1CNCC(C)C. The number of pyridine rings is 1. The Morgan fingerprint density at radius 3 is 2.65 bits per heavy atom. The van der Waals surface area contributed by atoms with Crippen LogP contribution < -0.4 is 10.1 Å². The van der Waals surface area contributed by atoms with Crippen LogP contribution in [0.15, 0.2) is 6.07 Å². The van der Waals surface area contributed by atoms with Crippen LogP contribution in [0.4, 0.5) is 0 Å². The standard InChI is InChI=1S/C16H28N2O2/c1-12(2)10-17-11-15-13(3)9-14(4)18-16(15)20-8-6-7-19-5/h9,12,17H,6-8,10-11H2,1-5H3. The van der Waals surface area contributed by atoms with E-state index < -0.39 is 0 Å². The summed E-state index contributed by atoms with van der Waals surface area (Å²) in [7, 11) is 1.70. The van der Waals surface area contributed by atoms with Gasteiger partial charge in [0.15, 0.2) is 0 Å². The van der Waals surface area contributed by atoms with Crippen molar-refractivity contribution >= 4 is 0 Å². The Morgan fingerprint density at radius 2 is 2.00 bits per heavy atom. The van der Waals surface area contributed by atoms with E-state index in [-0.39, 0.29) is 0 Å². The average Bonchev–Trinajstić information content (AvgIpc) is 2.37. The summed E-state index contributed by atoms with van der Waals surface area (Å²) in [5, 5.41) is 3.46. The molecule has 1 rings (SSSR count). The van der Waals surface area contributed by atoms with E-state index in [2.05, 4.69) is 37.1 Å². The first-order valence-electron chi connectivity index (χ1n) is 7.34. The maximum Gasteiger partial charge on any atom is 0.218 e. The van der Waals surface area contributed by atoms with Gasteiger partial charge in [0, 0.05) is 37.9 Å². The normalized spacial score (nSPS) is 11.1. The molecule has 0 aromatic carbocycles. The second kappa shape index (κ2) is 8.93. The zero-order valence-corrected chi connectivity index (χ0v) is 13.5. The van der Waals surface area contributed by atoms with Crippen molar-refractivity contribution in [2.24, 2.45) is 5.92 Å². The van der Waals surface area contributed by atoms with Crippen LogP contribution >= 0.6 is 0 Å². The minimum atomic E-state index is 0.639. The van der Waals surface area contributed by atoms with Crippen molar-refractivity contribution in [1.82, 2.24) is 10.3 Å². The number of aromatic nitrogens is 1. The van der Waals surface area contributed by atoms with E-state index in [0.717, 1.165) is 36.6 Å². The largest absolute Gasteiger partial charge is 0.477 e. The van der Waals surface area contributed by atoms with Crippen LogP contribution in [-0.2, 0) is 11.3 Å². The number of ether oxygens (including phenoxy) is 2. The minimum Gasteiger partial charge on any atom is -0.477 e. The fourth-order valence-corrected chi connectivity index (χ4v) is 2.02. The van der Waals surface area contributed by atoms with Crippen molar-refractivity contribution in [2.75, 3.05) is 26.9 Å². The van der Waals surface area contributed by atoms with Gasteiger partial charge in [-0.1, -0.05) is 13.8 Å². The van der Waals surface area contributed by atoms with E-state index in [1.165, 1.54) is 5.56 Å². The molecule has 4 nitrogen and oxygen atoms in total. The topological polar surface area (TPSA) is 43.4 Å². The Balaban J connectivity index is 2.68. The summed E-state index contributed by atoms with van der Waals surface area (Å²) in [4.78, 5) is 4.53. The molecule has 20 heavy (non-hydrogen) atoms. The van der Waals surface area contributed by atoms with Crippen LogP contribution in [0.1, 0.15) is 37.1 Å². The van der Waals surface area contributed by atoms with Crippen molar-refractivity contribution in [3.05, 3.63) is 22.9 Å². The third kappa shape index (κ3) is 5.88. The second-order valence-electron chi connectivity index (χ2n) is 5.58. The smallest absolute Gasteiger partial charge is 0.218 e. The first-order valence-corrected chi connectivity index (χ1v) is 7.34. The molecule has 0 bridgehead atoms. The molecule has 0 amide bonds. The first kappa shape index (κ1) is 16.9. The van der Waals surface area contributed by atoms with E-state index in [9.17, 15) is 0 Å². The molecule has 0 aliphatic rings. The molecule has 1 N–H and O–H groups in total. The van der Waals surface area contributed by atoms with Crippen LogP contribution in [-0.4, -0.2) is 31.9 Å². The molecule has 114 valence electrons. The van der Waals surface area contributed by atoms with E-state index in [0.29, 0.717) is 19.1 Å². The van der Waals surface area contributed by atoms with E-state index in [1.807, 2.05) is 6.92 Å². The number of nitrogens with one attached hydrogen (secondary N) is 1. The van der Waals surface area contributed by atoms with Crippen LogP contribution in [0.5, 0.6) is 5.88 Å². The molecular weight excluding hydrogens is 252 g/mol. The fourth-order valence-electron chi connectivity index (χ4n) is 2.02. The van der Waals surface area contributed by atoms with Crippen molar-refractivity contribution in [1.29, 1.82) is 0 Å². The van der Waals surface area contributed by atoms with Crippen molar-refractivity contribution in [3.63, 3.8) is 0 Å². The Kier molecular flexibility index (Phi) is 7.55. The van der Waals surface area contributed by atoms with Gasteiger partial charge in [-0.15, -0.1) is 0 Å². The van der Waals surface area contributed by atoms with Gasteiger partial charge in [0.05, 0.1) is 6.61 Å². The lowest BCUT2D eigenvalue weighted by Crippen LogP contribution is -2.20. The third-order valence-corrected chi connectivity index (χ3v) is 3.02. The highest BCUT2D eigenvalue weighted by Gasteiger charge is 2.10. The number of rotatable bonds is 9. The molecule has 0 aliphatic heterocycles. The molecule has 0 radical (unpaired) electrons. The lowest BCUT2D eigenvalue weighted by atomic mass is 10.1. The number of methoxy groups -OCH3 is 1. The fraction of sp³-hybridized carbons (Fsp3) is 0.688. The Bertz CT molecular complexity index is 406. The van der Waals surface area contributed by atoms with Gasteiger partial charge in [-0.25, -0.2) is 4.98 Å². The van der Waals surface area contributed by atoms with Gasteiger partial charge in [-0.3, -0.25) is 0 Å². The highest BCUT2D eigenvalue weighted by Crippen LogP contribution is 2.21. The summed E-state index contributed by atoms with van der Waals surface area (Å²) in [5.74, 6) is 1.40. The van der Waals surface area contributed by atoms with Gasteiger partial charge in [0.1, 0.15) is 0 Å². The molecule has 1 aromatic heterocycles. The highest BCUT2D eigenvalue weighted by atomic mass is 16.5. The Morgan fingerprint density at radius 1 is 1.25 bits per heavy atom. The summed E-state index contributed by atoms with van der Waals surface area (Å²) in [6.07, 6.45) is 0.879. The number of aryl methyl sites for hydroxylation is 2. The Labute approximate surface area is 122 Å². The maximum atomic E-state index is 5.83. The van der Waals surface area contributed by atoms with E-state index in [1.54, 1.807) is 7.11 Å².